The second-order valence-corrected chi connectivity index (χ2v) is 14.9. The van der Waals surface area contributed by atoms with Crippen LogP contribution in [0, 0.1) is 0 Å². The molecule has 2 aromatic heterocycles. The molecule has 0 bridgehead atoms. The van der Waals surface area contributed by atoms with E-state index in [4.69, 9.17) is 9.36 Å². The maximum atomic E-state index is 5.16. The van der Waals surface area contributed by atoms with E-state index in [2.05, 4.69) is 175 Å². The molecule has 1 atom stereocenters. The van der Waals surface area contributed by atoms with Crippen molar-refractivity contribution in [3.8, 4) is 22.5 Å². The Morgan fingerprint density at radius 1 is 0.569 bits per heavy atom. The summed E-state index contributed by atoms with van der Waals surface area (Å²) in [6.45, 7) is 0. The number of thiophene rings is 1. The summed E-state index contributed by atoms with van der Waals surface area (Å²) >= 11 is 3.37. The monoisotopic (exact) mass is 689 g/mol. The van der Waals surface area contributed by atoms with Crippen molar-refractivity contribution in [3.63, 3.8) is 0 Å². The Hall–Kier alpha value is -5.88. The Morgan fingerprint density at radius 2 is 1.25 bits per heavy atom. The van der Waals surface area contributed by atoms with Crippen molar-refractivity contribution < 1.29 is 0 Å². The van der Waals surface area contributed by atoms with Crippen molar-refractivity contribution in [1.29, 1.82) is 0 Å². The van der Waals surface area contributed by atoms with Crippen LogP contribution in [0.1, 0.15) is 17.3 Å². The van der Waals surface area contributed by atoms with Crippen LogP contribution >= 0.6 is 22.9 Å². The number of nitrogens with zero attached hydrogens (tertiary/aromatic N) is 3. The molecule has 5 heteroatoms. The van der Waals surface area contributed by atoms with Gasteiger partial charge in [0.15, 0.2) is 5.82 Å². The smallest absolute Gasteiger partial charge is 0.173 e. The molecule has 0 amide bonds. The van der Waals surface area contributed by atoms with E-state index >= 15 is 0 Å². The standard InChI is InChI=1S/C46H31N3S2/c1-2-10-30(11-3-1)31-18-22-34(23-19-31)49(36-26-27-44-41(29-36)40-16-8-9-17-43(40)50-44)35-24-20-32(21-25-35)46-47-45(48-51-46)42-28-33-12-4-5-13-37(33)38-14-6-7-15-39(38)42/h1-20,22-29,32H,21H2. The van der Waals surface area contributed by atoms with Crippen LogP contribution in [0.25, 0.3) is 64.2 Å². The minimum atomic E-state index is 0.164. The number of rotatable bonds is 6. The highest BCUT2D eigenvalue weighted by Gasteiger charge is 2.22. The van der Waals surface area contributed by atoms with E-state index in [1.807, 2.05) is 11.3 Å². The first kappa shape index (κ1) is 30.0. The van der Waals surface area contributed by atoms with Gasteiger partial charge in [-0.1, -0.05) is 121 Å². The van der Waals surface area contributed by atoms with Crippen LogP contribution in [0.3, 0.4) is 0 Å². The minimum absolute atomic E-state index is 0.164. The average Bonchev–Trinajstić information content (AvgIpc) is 3.84. The Kier molecular flexibility index (Phi) is 7.33. The van der Waals surface area contributed by atoms with Crippen LogP contribution in [0.2, 0.25) is 0 Å². The van der Waals surface area contributed by atoms with Crippen LogP contribution in [-0.4, -0.2) is 9.36 Å². The lowest BCUT2D eigenvalue weighted by atomic mass is 9.96. The first-order valence-electron chi connectivity index (χ1n) is 17.3. The van der Waals surface area contributed by atoms with Gasteiger partial charge in [0, 0.05) is 48.7 Å². The van der Waals surface area contributed by atoms with Gasteiger partial charge in [-0.15, -0.1) is 11.3 Å². The van der Waals surface area contributed by atoms with Gasteiger partial charge in [0.05, 0.1) is 0 Å². The van der Waals surface area contributed by atoms with Crippen molar-refractivity contribution in [2.75, 3.05) is 4.90 Å². The predicted molar refractivity (Wildman–Crippen MR) is 218 cm³/mol. The Bertz CT molecular complexity index is 2790. The summed E-state index contributed by atoms with van der Waals surface area (Å²) in [4.78, 5) is 7.55. The molecule has 7 aromatic carbocycles. The van der Waals surface area contributed by atoms with Crippen molar-refractivity contribution >= 4 is 76.0 Å². The van der Waals surface area contributed by atoms with Crippen LogP contribution in [-0.2, 0) is 0 Å². The summed E-state index contributed by atoms with van der Waals surface area (Å²) < 4.78 is 7.54. The number of anilines is 2. The number of benzene rings is 7. The predicted octanol–water partition coefficient (Wildman–Crippen LogP) is 13.3. The highest BCUT2D eigenvalue weighted by atomic mass is 32.1. The molecule has 0 aliphatic heterocycles. The number of hydrogen-bond acceptors (Lipinski definition) is 5. The molecular weight excluding hydrogens is 659 g/mol. The molecule has 0 N–H and O–H groups in total. The third-order valence-electron chi connectivity index (χ3n) is 9.96. The summed E-state index contributed by atoms with van der Waals surface area (Å²) in [5.41, 5.74) is 6.94. The van der Waals surface area contributed by atoms with E-state index in [0.717, 1.165) is 39.9 Å². The molecule has 0 fully saturated rings. The van der Waals surface area contributed by atoms with Gasteiger partial charge in [-0.2, -0.15) is 4.37 Å². The van der Waals surface area contributed by atoms with Crippen molar-refractivity contribution in [2.45, 2.75) is 12.3 Å². The highest BCUT2D eigenvalue weighted by molar-refractivity contribution is 7.25. The fourth-order valence-electron chi connectivity index (χ4n) is 7.43. The molecule has 3 nitrogen and oxygen atoms in total. The van der Waals surface area contributed by atoms with Crippen LogP contribution in [0.15, 0.2) is 176 Å². The summed E-state index contributed by atoms with van der Waals surface area (Å²) in [6.07, 6.45) is 7.78. The molecule has 0 spiro atoms. The lowest BCUT2D eigenvalue weighted by Gasteiger charge is -2.29. The van der Waals surface area contributed by atoms with E-state index in [-0.39, 0.29) is 5.92 Å². The zero-order valence-electron chi connectivity index (χ0n) is 27.6. The molecule has 1 unspecified atom stereocenters. The average molecular weight is 690 g/mol. The van der Waals surface area contributed by atoms with Gasteiger partial charge in [0.25, 0.3) is 0 Å². The molecule has 10 rings (SSSR count). The van der Waals surface area contributed by atoms with Crippen LogP contribution in [0.5, 0.6) is 0 Å². The molecule has 0 saturated carbocycles. The number of fused-ring (bicyclic) bond motifs is 6. The Labute approximate surface area is 304 Å². The lowest BCUT2D eigenvalue weighted by molar-refractivity contribution is 0.830. The summed E-state index contributed by atoms with van der Waals surface area (Å²) in [5.74, 6) is 0.967. The number of allylic oxidation sites excluding steroid dienone is 3. The normalized spacial score (nSPS) is 14.4. The quantitative estimate of drug-likeness (QED) is 0.163. The molecule has 1 aliphatic carbocycles. The highest BCUT2D eigenvalue weighted by Crippen LogP contribution is 2.41. The topological polar surface area (TPSA) is 29.0 Å². The Morgan fingerprint density at radius 3 is 2.08 bits per heavy atom. The lowest BCUT2D eigenvalue weighted by Crippen LogP contribution is -2.17. The molecule has 1 aliphatic rings. The molecule has 242 valence electrons. The van der Waals surface area contributed by atoms with Crippen LogP contribution in [0.4, 0.5) is 11.4 Å². The van der Waals surface area contributed by atoms with Gasteiger partial charge in [0.1, 0.15) is 5.01 Å². The fraction of sp³-hybridized carbons (Fsp3) is 0.0435. The van der Waals surface area contributed by atoms with Crippen molar-refractivity contribution in [2.24, 2.45) is 0 Å². The molecule has 0 saturated heterocycles. The molecular formula is C46H31N3S2. The molecule has 9 aromatic rings. The molecule has 2 heterocycles. The number of hydrogen-bond donors (Lipinski definition) is 0. The second kappa shape index (κ2) is 12.5. The van der Waals surface area contributed by atoms with Crippen molar-refractivity contribution in [3.05, 3.63) is 181 Å². The maximum absolute atomic E-state index is 5.16. The van der Waals surface area contributed by atoms with E-state index in [0.29, 0.717) is 0 Å². The van der Waals surface area contributed by atoms with Crippen LogP contribution < -0.4 is 4.90 Å². The van der Waals surface area contributed by atoms with E-state index < -0.39 is 0 Å². The summed E-state index contributed by atoms with van der Waals surface area (Å²) in [6, 6.07) is 54.5. The summed E-state index contributed by atoms with van der Waals surface area (Å²) in [5, 5.41) is 8.52. The first-order valence-corrected chi connectivity index (χ1v) is 18.9. The molecule has 0 radical (unpaired) electrons. The first-order chi connectivity index (χ1) is 25.3. The van der Waals surface area contributed by atoms with Gasteiger partial charge < -0.3 is 4.90 Å². The third kappa shape index (κ3) is 5.34. The minimum Gasteiger partial charge on any atom is -0.311 e. The van der Waals surface area contributed by atoms with E-state index in [1.54, 1.807) is 0 Å². The third-order valence-corrected chi connectivity index (χ3v) is 12.0. The molecule has 51 heavy (non-hydrogen) atoms. The summed E-state index contributed by atoms with van der Waals surface area (Å²) in [7, 11) is 0. The van der Waals surface area contributed by atoms with E-state index in [9.17, 15) is 0 Å². The fourth-order valence-corrected chi connectivity index (χ4v) is 9.27. The van der Waals surface area contributed by atoms with Crippen molar-refractivity contribution in [1.82, 2.24) is 9.36 Å². The maximum Gasteiger partial charge on any atom is 0.173 e. The SMILES string of the molecule is C1=CC(c2nc(-c3cc4ccccc4c4ccccc34)ns2)CC=C1N(c1ccc(-c2ccccc2)cc1)c1ccc2sc3ccccc3c2c1. The van der Waals surface area contributed by atoms with Gasteiger partial charge in [-0.25, -0.2) is 4.98 Å². The zero-order chi connectivity index (χ0) is 33.7. The Balaban J connectivity index is 1.00. The number of aromatic nitrogens is 2. The zero-order valence-corrected chi connectivity index (χ0v) is 29.2. The van der Waals surface area contributed by atoms with Gasteiger partial charge in [-0.05, 0) is 99.2 Å². The van der Waals surface area contributed by atoms with Gasteiger partial charge in [0.2, 0.25) is 0 Å². The van der Waals surface area contributed by atoms with E-state index in [1.165, 1.54) is 64.4 Å². The second-order valence-electron chi connectivity index (χ2n) is 13.0. The van der Waals surface area contributed by atoms with Gasteiger partial charge in [-0.3, -0.25) is 0 Å². The van der Waals surface area contributed by atoms with Gasteiger partial charge >= 0.3 is 0 Å². The largest absolute Gasteiger partial charge is 0.311 e.